The summed E-state index contributed by atoms with van der Waals surface area (Å²) in [6, 6.07) is 6.29. The highest BCUT2D eigenvalue weighted by Gasteiger charge is 2.41. The van der Waals surface area contributed by atoms with Crippen molar-refractivity contribution in [1.82, 2.24) is 10.2 Å². The number of hydrogen-bond acceptors (Lipinski definition) is 4. The van der Waals surface area contributed by atoms with Gasteiger partial charge in [0.2, 0.25) is 0 Å². The molecule has 2 aliphatic rings. The molecule has 2 aliphatic heterocycles. The number of amides is 1. The van der Waals surface area contributed by atoms with Crippen molar-refractivity contribution < 1.29 is 13.9 Å². The first-order valence-electron chi connectivity index (χ1n) is 7.79. The molecule has 2 aromatic rings. The second-order valence-corrected chi connectivity index (χ2v) is 6.17. The van der Waals surface area contributed by atoms with Gasteiger partial charge >= 0.3 is 0 Å². The van der Waals surface area contributed by atoms with E-state index in [2.05, 4.69) is 5.32 Å². The van der Waals surface area contributed by atoms with Gasteiger partial charge in [0, 0.05) is 42.2 Å². The summed E-state index contributed by atoms with van der Waals surface area (Å²) in [4.78, 5) is 15.0. The van der Waals surface area contributed by atoms with Crippen LogP contribution in [0.4, 0.5) is 0 Å². The molecular formula is C17H20N2O3. The minimum absolute atomic E-state index is 0.0293. The van der Waals surface area contributed by atoms with Gasteiger partial charge in [-0.25, -0.2) is 0 Å². The number of rotatable bonds is 2. The van der Waals surface area contributed by atoms with Gasteiger partial charge < -0.3 is 19.4 Å². The van der Waals surface area contributed by atoms with Crippen LogP contribution in [0.25, 0.3) is 11.0 Å². The minimum Gasteiger partial charge on any atom is -0.497 e. The van der Waals surface area contributed by atoms with Crippen molar-refractivity contribution in [2.45, 2.75) is 31.8 Å². The van der Waals surface area contributed by atoms with Crippen LogP contribution in [-0.2, 0) is 0 Å². The molecule has 2 bridgehead atoms. The quantitative estimate of drug-likeness (QED) is 0.925. The van der Waals surface area contributed by atoms with Crippen LogP contribution in [0.5, 0.6) is 5.75 Å². The lowest BCUT2D eigenvalue weighted by Gasteiger charge is -2.34. The predicted molar refractivity (Wildman–Crippen MR) is 83.4 cm³/mol. The third-order valence-corrected chi connectivity index (χ3v) is 4.95. The van der Waals surface area contributed by atoms with Crippen molar-refractivity contribution >= 4 is 16.9 Å². The highest BCUT2D eigenvalue weighted by atomic mass is 16.5. The second-order valence-electron chi connectivity index (χ2n) is 6.17. The van der Waals surface area contributed by atoms with Gasteiger partial charge in [0.05, 0.1) is 7.11 Å². The second kappa shape index (κ2) is 5.02. The molecule has 2 unspecified atom stereocenters. The number of fused-ring (bicyclic) bond motifs is 3. The van der Waals surface area contributed by atoms with Crippen LogP contribution in [0, 0.1) is 6.92 Å². The molecule has 1 aromatic carbocycles. The van der Waals surface area contributed by atoms with Gasteiger partial charge in [-0.1, -0.05) is 0 Å². The number of nitrogens with zero attached hydrogens (tertiary/aromatic N) is 1. The lowest BCUT2D eigenvalue weighted by molar-refractivity contribution is 0.0588. The van der Waals surface area contributed by atoms with E-state index in [1.807, 2.05) is 30.0 Å². The first kappa shape index (κ1) is 13.6. The molecule has 0 radical (unpaired) electrons. The maximum Gasteiger partial charge on any atom is 0.290 e. The van der Waals surface area contributed by atoms with Crippen molar-refractivity contribution in [3.63, 3.8) is 0 Å². The fourth-order valence-electron chi connectivity index (χ4n) is 3.76. The Morgan fingerprint density at radius 2 is 2.05 bits per heavy atom. The van der Waals surface area contributed by atoms with Gasteiger partial charge in [0.25, 0.3) is 5.91 Å². The zero-order valence-corrected chi connectivity index (χ0v) is 12.9. The summed E-state index contributed by atoms with van der Waals surface area (Å²) in [6.45, 7) is 3.72. The third-order valence-electron chi connectivity index (χ3n) is 4.95. The van der Waals surface area contributed by atoms with E-state index in [4.69, 9.17) is 9.15 Å². The van der Waals surface area contributed by atoms with Gasteiger partial charge in [-0.05, 0) is 31.9 Å². The van der Waals surface area contributed by atoms with Gasteiger partial charge in [-0.3, -0.25) is 4.79 Å². The lowest BCUT2D eigenvalue weighted by Crippen LogP contribution is -2.54. The Morgan fingerprint density at radius 1 is 1.32 bits per heavy atom. The zero-order valence-electron chi connectivity index (χ0n) is 12.9. The van der Waals surface area contributed by atoms with Crippen molar-refractivity contribution in [3.05, 3.63) is 29.5 Å². The highest BCUT2D eigenvalue weighted by molar-refractivity contribution is 5.99. The van der Waals surface area contributed by atoms with E-state index in [9.17, 15) is 4.79 Å². The summed E-state index contributed by atoms with van der Waals surface area (Å²) >= 11 is 0. The molecule has 2 fully saturated rings. The van der Waals surface area contributed by atoms with Crippen molar-refractivity contribution in [1.29, 1.82) is 0 Å². The summed E-state index contributed by atoms with van der Waals surface area (Å²) in [6.07, 6.45) is 2.16. The van der Waals surface area contributed by atoms with Crippen molar-refractivity contribution in [2.75, 3.05) is 20.2 Å². The molecule has 1 N–H and O–H groups in total. The summed E-state index contributed by atoms with van der Waals surface area (Å²) in [5.74, 6) is 1.24. The number of ether oxygens (including phenoxy) is 1. The number of furan rings is 1. The highest BCUT2D eigenvalue weighted by Crippen LogP contribution is 2.33. The van der Waals surface area contributed by atoms with Crippen LogP contribution < -0.4 is 10.1 Å². The molecule has 0 saturated carbocycles. The standard InChI is InChI=1S/C17H20N2O3/c1-10-14-6-5-13(21-2)7-15(14)22-16(10)17(20)19-11-3-4-12(19)9-18-8-11/h5-7,11-12,18H,3-4,8-9H2,1-2H3. The van der Waals surface area contributed by atoms with Crippen LogP contribution in [0.1, 0.15) is 29.0 Å². The van der Waals surface area contributed by atoms with Crippen LogP contribution in [0.3, 0.4) is 0 Å². The molecule has 4 rings (SSSR count). The van der Waals surface area contributed by atoms with E-state index in [0.717, 1.165) is 42.6 Å². The summed E-state index contributed by atoms with van der Waals surface area (Å²) < 4.78 is 11.1. The topological polar surface area (TPSA) is 54.7 Å². The number of carbonyl (C=O) groups excluding carboxylic acids is 1. The van der Waals surface area contributed by atoms with Crippen LogP contribution in [0.15, 0.2) is 22.6 Å². The molecular weight excluding hydrogens is 280 g/mol. The van der Waals surface area contributed by atoms with Crippen molar-refractivity contribution in [2.24, 2.45) is 0 Å². The van der Waals surface area contributed by atoms with Crippen LogP contribution >= 0.6 is 0 Å². The summed E-state index contributed by atoms with van der Waals surface area (Å²) in [5.41, 5.74) is 1.63. The molecule has 0 aliphatic carbocycles. The smallest absolute Gasteiger partial charge is 0.290 e. The molecule has 2 atom stereocenters. The number of piperazine rings is 1. The van der Waals surface area contributed by atoms with Gasteiger partial charge in [-0.2, -0.15) is 0 Å². The number of methoxy groups -OCH3 is 1. The normalized spacial score (nSPS) is 24.0. The Labute approximate surface area is 129 Å². The van der Waals surface area contributed by atoms with Crippen LogP contribution in [0.2, 0.25) is 0 Å². The SMILES string of the molecule is COc1ccc2c(C)c(C(=O)N3C4CCC3CNC4)oc2c1. The van der Waals surface area contributed by atoms with E-state index >= 15 is 0 Å². The van der Waals surface area contributed by atoms with Crippen molar-refractivity contribution in [3.8, 4) is 5.75 Å². The molecule has 2 saturated heterocycles. The molecule has 22 heavy (non-hydrogen) atoms. The first-order chi connectivity index (χ1) is 10.7. The van der Waals surface area contributed by atoms with E-state index in [1.165, 1.54) is 0 Å². The van der Waals surface area contributed by atoms with E-state index < -0.39 is 0 Å². The average Bonchev–Trinajstić information content (AvgIpc) is 3.00. The number of aryl methyl sites for hydroxylation is 1. The monoisotopic (exact) mass is 300 g/mol. The van der Waals surface area contributed by atoms with Gasteiger partial charge in [0.15, 0.2) is 5.76 Å². The Hall–Kier alpha value is -2.01. The Balaban J connectivity index is 1.74. The Kier molecular flexibility index (Phi) is 3.11. The van der Waals surface area contributed by atoms with E-state index in [1.54, 1.807) is 7.11 Å². The Morgan fingerprint density at radius 3 is 2.73 bits per heavy atom. The number of benzene rings is 1. The zero-order chi connectivity index (χ0) is 15.3. The fourth-order valence-corrected chi connectivity index (χ4v) is 3.76. The molecule has 0 spiro atoms. The number of carbonyl (C=O) groups is 1. The number of hydrogen-bond donors (Lipinski definition) is 1. The molecule has 5 heteroatoms. The minimum atomic E-state index is 0.0293. The third kappa shape index (κ3) is 1.92. The van der Waals surface area contributed by atoms with Gasteiger partial charge in [0.1, 0.15) is 11.3 Å². The number of nitrogens with one attached hydrogen (secondary N) is 1. The summed E-state index contributed by atoms with van der Waals surface area (Å²) in [5, 5.41) is 4.38. The van der Waals surface area contributed by atoms with Gasteiger partial charge in [-0.15, -0.1) is 0 Å². The summed E-state index contributed by atoms with van der Waals surface area (Å²) in [7, 11) is 1.63. The maximum absolute atomic E-state index is 13.0. The van der Waals surface area contributed by atoms with Crippen LogP contribution in [-0.4, -0.2) is 43.1 Å². The fraction of sp³-hybridized carbons (Fsp3) is 0.471. The molecule has 116 valence electrons. The average molecular weight is 300 g/mol. The van der Waals surface area contributed by atoms with E-state index in [0.29, 0.717) is 23.4 Å². The predicted octanol–water partition coefficient (Wildman–Crippen LogP) is 2.33. The Bertz CT molecular complexity index is 721. The first-order valence-corrected chi connectivity index (χ1v) is 7.79. The largest absolute Gasteiger partial charge is 0.497 e. The molecule has 1 amide bonds. The van der Waals surface area contributed by atoms with E-state index in [-0.39, 0.29) is 5.91 Å². The maximum atomic E-state index is 13.0. The molecule has 3 heterocycles. The molecule has 1 aromatic heterocycles. The lowest BCUT2D eigenvalue weighted by atomic mass is 10.1. The molecule has 5 nitrogen and oxygen atoms in total.